The molecule has 0 spiro atoms. The van der Waals surface area contributed by atoms with E-state index in [2.05, 4.69) is 23.8 Å². The number of primary amides is 1. The topological polar surface area (TPSA) is 188 Å². The summed E-state index contributed by atoms with van der Waals surface area (Å²) in [5.41, 5.74) is 2.06. The van der Waals surface area contributed by atoms with Gasteiger partial charge in [-0.1, -0.05) is 26.3 Å². The molecule has 4 aliphatic rings. The summed E-state index contributed by atoms with van der Waals surface area (Å²) < 4.78 is 0. The summed E-state index contributed by atoms with van der Waals surface area (Å²) in [4.78, 5) is 46.0. The van der Waals surface area contributed by atoms with Gasteiger partial charge in [-0.05, 0) is 71.0 Å². The number of hydrogen-bond acceptors (Lipinski definition) is 11. The van der Waals surface area contributed by atoms with Crippen molar-refractivity contribution in [3.8, 4) is 5.75 Å². The summed E-state index contributed by atoms with van der Waals surface area (Å²) in [5.74, 6) is -8.81. The van der Waals surface area contributed by atoms with E-state index in [0.717, 1.165) is 38.8 Å². The summed E-state index contributed by atoms with van der Waals surface area (Å²) in [6, 6.07) is 2.41. The summed E-state index contributed by atoms with van der Waals surface area (Å²) in [7, 11) is 5.09. The molecule has 1 heterocycles. The first-order chi connectivity index (χ1) is 20.7. The third kappa shape index (κ3) is 4.53. The fraction of sp³-hybridized carbons (Fsp3) is 0.594. The molecule has 0 radical (unpaired) electrons. The Balaban J connectivity index is 1.68. The number of nitrogens with zero attached hydrogens (tertiary/aromatic N) is 3. The molecule has 240 valence electrons. The monoisotopic (exact) mass is 612 g/mol. The number of ketones is 2. The Bertz CT molecular complexity index is 1450. The molecule has 0 saturated carbocycles. The number of aliphatic hydroxyl groups is 4. The Hall–Kier alpha value is -3.45. The average Bonchev–Trinajstić information content (AvgIpc) is 2.96. The summed E-state index contributed by atoms with van der Waals surface area (Å²) in [6.07, 6.45) is 1.96. The number of likely N-dealkylation sites (tertiary alicyclic amines) is 1. The van der Waals surface area contributed by atoms with Crippen LogP contribution in [-0.4, -0.2) is 117 Å². The zero-order chi connectivity index (χ0) is 32.4. The van der Waals surface area contributed by atoms with Gasteiger partial charge >= 0.3 is 0 Å². The van der Waals surface area contributed by atoms with Crippen LogP contribution in [0, 0.1) is 11.8 Å². The molecule has 0 bridgehead atoms. The van der Waals surface area contributed by atoms with Crippen LogP contribution in [0.4, 0.5) is 5.69 Å². The quantitative estimate of drug-likeness (QED) is 0.244. The fourth-order valence-corrected chi connectivity index (χ4v) is 7.98. The lowest BCUT2D eigenvalue weighted by atomic mass is 9.55. The number of aromatic hydroxyl groups is 1. The lowest BCUT2D eigenvalue weighted by Crippen LogP contribution is -2.68. The SMILES string of the molecule is CCCCN(c1ccc2c(c1O)C(=O)C1=C(O)[C@]3(O)C(=O)C(C(N)=O)=C(O)[C@H](N(C)C)[C@H]3[C@H](O)[C@H]1[C@@H]2C)C1CCN(C)CC1. The summed E-state index contributed by atoms with van der Waals surface area (Å²) >= 11 is 0. The number of carbonyl (C=O) groups excluding carboxylic acids is 3. The zero-order valence-corrected chi connectivity index (χ0v) is 25.9. The number of likely N-dealkylation sites (N-methyl/N-ethyl adjacent to an activating group) is 1. The van der Waals surface area contributed by atoms with E-state index < -0.39 is 75.6 Å². The lowest BCUT2D eigenvalue weighted by molar-refractivity contribution is -0.162. The molecule has 0 aromatic heterocycles. The number of anilines is 1. The van der Waals surface area contributed by atoms with Crippen LogP contribution in [0.3, 0.4) is 0 Å². The number of unbranched alkanes of at least 4 members (excludes halogenated alkanes) is 1. The summed E-state index contributed by atoms with van der Waals surface area (Å²) in [5, 5.41) is 58.1. The Morgan fingerprint density at radius 3 is 2.34 bits per heavy atom. The molecule has 3 aliphatic carbocycles. The van der Waals surface area contributed by atoms with Gasteiger partial charge in [-0.2, -0.15) is 0 Å². The molecule has 1 fully saturated rings. The third-order valence-corrected chi connectivity index (χ3v) is 10.3. The molecular formula is C32H44N4O8. The summed E-state index contributed by atoms with van der Waals surface area (Å²) in [6.45, 7) is 6.28. The Morgan fingerprint density at radius 2 is 1.77 bits per heavy atom. The molecule has 7 N–H and O–H groups in total. The molecule has 1 aromatic carbocycles. The van der Waals surface area contributed by atoms with Gasteiger partial charge in [0.1, 0.15) is 22.8 Å². The van der Waals surface area contributed by atoms with Crippen molar-refractivity contribution < 1.29 is 39.9 Å². The van der Waals surface area contributed by atoms with Crippen LogP contribution in [0.25, 0.3) is 0 Å². The van der Waals surface area contributed by atoms with E-state index in [1.165, 1.54) is 19.0 Å². The molecule has 1 aliphatic heterocycles. The lowest BCUT2D eigenvalue weighted by Gasteiger charge is -2.53. The minimum absolute atomic E-state index is 0.0580. The second-order valence-electron chi connectivity index (χ2n) is 13.0. The number of carbonyl (C=O) groups is 3. The standard InChI is InChI=1S/C32H44N4O8/c1-6-7-12-36(16-10-13-35(5)14-11-16)18-9-8-17-15(2)19-21(26(38)20(17)25(18)37)29(41)32(44)23(27(19)39)24(34(3)4)28(40)22(30(32)42)31(33)43/h8-9,15-16,19,23-24,27,37,39-41,44H,6-7,10-14H2,1-5H3,(H2,33,43)/t15-,19+,23+,24-,27-,32+/m1/s1. The number of piperidine rings is 1. The number of amides is 1. The van der Waals surface area contributed by atoms with Gasteiger partial charge in [0.05, 0.1) is 29.3 Å². The molecule has 12 nitrogen and oxygen atoms in total. The maximum atomic E-state index is 14.3. The Labute approximate surface area is 257 Å². The molecule has 1 saturated heterocycles. The van der Waals surface area contributed by atoms with E-state index in [1.54, 1.807) is 19.1 Å². The highest BCUT2D eigenvalue weighted by atomic mass is 16.4. The molecule has 44 heavy (non-hydrogen) atoms. The van der Waals surface area contributed by atoms with Crippen molar-refractivity contribution in [2.75, 3.05) is 45.7 Å². The number of benzene rings is 1. The molecule has 6 atom stereocenters. The largest absolute Gasteiger partial charge is 0.510 e. The zero-order valence-electron chi connectivity index (χ0n) is 25.9. The van der Waals surface area contributed by atoms with Crippen LogP contribution >= 0.6 is 0 Å². The van der Waals surface area contributed by atoms with Crippen LogP contribution in [0.5, 0.6) is 5.75 Å². The first kappa shape index (κ1) is 32.0. The predicted molar refractivity (Wildman–Crippen MR) is 163 cm³/mol. The van der Waals surface area contributed by atoms with Crippen LogP contribution in [0.15, 0.2) is 34.8 Å². The van der Waals surface area contributed by atoms with Gasteiger partial charge in [-0.25, -0.2) is 0 Å². The Morgan fingerprint density at radius 1 is 1.14 bits per heavy atom. The van der Waals surface area contributed by atoms with Gasteiger partial charge in [-0.3, -0.25) is 19.3 Å². The number of Topliss-reactive ketones (excluding diaryl/α,β-unsaturated/α-hetero) is 2. The molecule has 1 aromatic rings. The number of aliphatic hydroxyl groups excluding tert-OH is 3. The molecule has 12 heteroatoms. The van der Waals surface area contributed by atoms with Crippen LogP contribution in [0.1, 0.15) is 61.4 Å². The van der Waals surface area contributed by atoms with Gasteiger partial charge in [0.25, 0.3) is 5.91 Å². The van der Waals surface area contributed by atoms with Crippen LogP contribution < -0.4 is 10.6 Å². The van der Waals surface area contributed by atoms with E-state index in [9.17, 15) is 39.9 Å². The number of nitrogens with two attached hydrogens (primary N) is 1. The van der Waals surface area contributed by atoms with Gasteiger partial charge < -0.3 is 41.1 Å². The highest BCUT2D eigenvalue weighted by molar-refractivity contribution is 6.25. The van der Waals surface area contributed by atoms with Crippen LogP contribution in [-0.2, 0) is 9.59 Å². The van der Waals surface area contributed by atoms with Crippen LogP contribution in [0.2, 0.25) is 0 Å². The van der Waals surface area contributed by atoms with Crippen molar-refractivity contribution in [3.63, 3.8) is 0 Å². The highest BCUT2D eigenvalue weighted by Gasteiger charge is 2.67. The first-order valence-electron chi connectivity index (χ1n) is 15.3. The smallest absolute Gasteiger partial charge is 0.255 e. The van der Waals surface area contributed by atoms with Crippen molar-refractivity contribution in [1.29, 1.82) is 0 Å². The minimum Gasteiger partial charge on any atom is -0.510 e. The first-order valence-corrected chi connectivity index (χ1v) is 15.3. The van der Waals surface area contributed by atoms with Gasteiger partial charge in [0, 0.05) is 24.1 Å². The maximum Gasteiger partial charge on any atom is 0.255 e. The van der Waals surface area contributed by atoms with Crippen molar-refractivity contribution in [2.24, 2.45) is 17.6 Å². The second-order valence-corrected chi connectivity index (χ2v) is 13.0. The number of fused-ring (bicyclic) bond motifs is 3. The molecule has 5 rings (SSSR count). The molecule has 0 unspecified atom stereocenters. The molecule has 1 amide bonds. The highest BCUT2D eigenvalue weighted by Crippen LogP contribution is 2.56. The molecular weight excluding hydrogens is 568 g/mol. The average molecular weight is 613 g/mol. The van der Waals surface area contributed by atoms with Crippen molar-refractivity contribution in [2.45, 2.75) is 69.2 Å². The maximum absolute atomic E-state index is 14.3. The van der Waals surface area contributed by atoms with Crippen molar-refractivity contribution in [3.05, 3.63) is 45.9 Å². The van der Waals surface area contributed by atoms with Crippen molar-refractivity contribution in [1.82, 2.24) is 9.80 Å². The number of phenolic OH excluding ortho intramolecular Hbond substituents is 1. The van der Waals surface area contributed by atoms with Gasteiger partial charge in [0.15, 0.2) is 11.4 Å². The third-order valence-electron chi connectivity index (χ3n) is 10.3. The second kappa shape index (κ2) is 11.5. The Kier molecular flexibility index (Phi) is 8.34. The van der Waals surface area contributed by atoms with E-state index in [4.69, 9.17) is 5.73 Å². The van der Waals surface area contributed by atoms with Gasteiger partial charge in [0.2, 0.25) is 5.78 Å². The van der Waals surface area contributed by atoms with Gasteiger partial charge in [-0.15, -0.1) is 0 Å². The normalized spacial score (nSPS) is 31.2. The minimum atomic E-state index is -2.93. The number of phenols is 1. The van der Waals surface area contributed by atoms with E-state index >= 15 is 0 Å². The number of rotatable bonds is 7. The predicted octanol–water partition coefficient (Wildman–Crippen LogP) is 1.35. The van der Waals surface area contributed by atoms with Crippen molar-refractivity contribution >= 4 is 23.2 Å². The van der Waals surface area contributed by atoms with E-state index in [1.807, 2.05) is 0 Å². The van der Waals surface area contributed by atoms with E-state index in [0.29, 0.717) is 17.8 Å². The number of hydrogen-bond donors (Lipinski definition) is 6. The fourth-order valence-electron chi connectivity index (χ4n) is 7.98. The van der Waals surface area contributed by atoms with E-state index in [-0.39, 0.29) is 17.4 Å².